The summed E-state index contributed by atoms with van der Waals surface area (Å²) >= 11 is 3.18. The minimum Gasteiger partial charge on any atom is -0.309 e. The maximum absolute atomic E-state index is 14.2. The molecular weight excluding hydrogens is 312 g/mol. The van der Waals surface area contributed by atoms with E-state index in [4.69, 9.17) is 0 Å². The highest BCUT2D eigenvalue weighted by molar-refractivity contribution is 9.10. The van der Waals surface area contributed by atoms with Crippen LogP contribution in [0.3, 0.4) is 0 Å². The maximum atomic E-state index is 14.2. The fourth-order valence-electron chi connectivity index (χ4n) is 2.18. The average Bonchev–Trinajstić information content (AvgIpc) is 2.37. The SMILES string of the molecule is CNC(c1ccc(F)cc1C)c1cccc(Br)c1F. The highest BCUT2D eigenvalue weighted by Gasteiger charge is 2.19. The van der Waals surface area contributed by atoms with Crippen LogP contribution in [0.1, 0.15) is 22.7 Å². The lowest BCUT2D eigenvalue weighted by Crippen LogP contribution is -2.20. The second-order valence-corrected chi connectivity index (χ2v) is 5.22. The summed E-state index contributed by atoms with van der Waals surface area (Å²) in [4.78, 5) is 0. The highest BCUT2D eigenvalue weighted by atomic mass is 79.9. The largest absolute Gasteiger partial charge is 0.309 e. The van der Waals surface area contributed by atoms with Gasteiger partial charge in [0, 0.05) is 5.56 Å². The van der Waals surface area contributed by atoms with Crippen LogP contribution < -0.4 is 5.32 Å². The molecule has 0 aliphatic heterocycles. The van der Waals surface area contributed by atoms with Crippen molar-refractivity contribution in [3.63, 3.8) is 0 Å². The first-order valence-electron chi connectivity index (χ1n) is 5.92. The molecule has 4 heteroatoms. The maximum Gasteiger partial charge on any atom is 0.142 e. The molecule has 1 N–H and O–H groups in total. The summed E-state index contributed by atoms with van der Waals surface area (Å²) in [6.07, 6.45) is 0. The number of hydrogen-bond acceptors (Lipinski definition) is 1. The van der Waals surface area contributed by atoms with Crippen molar-refractivity contribution in [1.29, 1.82) is 0 Å². The van der Waals surface area contributed by atoms with Gasteiger partial charge in [0.25, 0.3) is 0 Å². The molecule has 0 fully saturated rings. The summed E-state index contributed by atoms with van der Waals surface area (Å²) in [5, 5.41) is 3.08. The van der Waals surface area contributed by atoms with Gasteiger partial charge >= 0.3 is 0 Å². The number of aryl methyl sites for hydroxylation is 1. The molecular formula is C15H14BrF2N. The number of nitrogens with one attached hydrogen (secondary N) is 1. The molecule has 0 heterocycles. The third kappa shape index (κ3) is 2.85. The van der Waals surface area contributed by atoms with E-state index in [2.05, 4.69) is 21.2 Å². The lowest BCUT2D eigenvalue weighted by Gasteiger charge is -2.20. The Kier molecular flexibility index (Phi) is 4.32. The molecule has 100 valence electrons. The summed E-state index contributed by atoms with van der Waals surface area (Å²) in [7, 11) is 1.76. The van der Waals surface area contributed by atoms with Gasteiger partial charge in [0.2, 0.25) is 0 Å². The Labute approximate surface area is 119 Å². The van der Waals surface area contributed by atoms with Gasteiger partial charge < -0.3 is 5.32 Å². The van der Waals surface area contributed by atoms with Crippen molar-refractivity contribution in [2.75, 3.05) is 7.05 Å². The minimum atomic E-state index is -0.307. The summed E-state index contributed by atoms with van der Waals surface area (Å²) in [5.41, 5.74) is 2.19. The van der Waals surface area contributed by atoms with E-state index in [1.807, 2.05) is 6.92 Å². The molecule has 0 aliphatic rings. The average molecular weight is 326 g/mol. The van der Waals surface area contributed by atoms with Crippen LogP contribution in [0.2, 0.25) is 0 Å². The van der Waals surface area contributed by atoms with Crippen LogP contribution in [0.4, 0.5) is 8.78 Å². The van der Waals surface area contributed by atoms with Crippen molar-refractivity contribution in [2.24, 2.45) is 0 Å². The molecule has 0 aromatic heterocycles. The fourth-order valence-corrected chi connectivity index (χ4v) is 2.57. The zero-order valence-corrected chi connectivity index (χ0v) is 12.3. The number of rotatable bonds is 3. The third-order valence-corrected chi connectivity index (χ3v) is 3.74. The van der Waals surface area contributed by atoms with Gasteiger partial charge in [-0.3, -0.25) is 0 Å². The zero-order valence-electron chi connectivity index (χ0n) is 10.7. The van der Waals surface area contributed by atoms with Crippen LogP contribution >= 0.6 is 15.9 Å². The molecule has 2 aromatic carbocycles. The molecule has 0 spiro atoms. The fraction of sp³-hybridized carbons (Fsp3) is 0.200. The molecule has 0 radical (unpaired) electrons. The van der Waals surface area contributed by atoms with Crippen molar-refractivity contribution in [3.05, 3.63) is 69.2 Å². The van der Waals surface area contributed by atoms with Gasteiger partial charge in [0.1, 0.15) is 11.6 Å². The van der Waals surface area contributed by atoms with Gasteiger partial charge in [0.05, 0.1) is 10.5 Å². The molecule has 19 heavy (non-hydrogen) atoms. The normalized spacial score (nSPS) is 12.5. The van der Waals surface area contributed by atoms with E-state index < -0.39 is 0 Å². The Bertz CT molecular complexity index is 599. The highest BCUT2D eigenvalue weighted by Crippen LogP contribution is 2.30. The monoisotopic (exact) mass is 325 g/mol. The van der Waals surface area contributed by atoms with E-state index in [0.717, 1.165) is 11.1 Å². The summed E-state index contributed by atoms with van der Waals surface area (Å²) in [6.45, 7) is 1.82. The molecule has 0 saturated carbocycles. The Morgan fingerprint density at radius 1 is 1.11 bits per heavy atom. The summed E-state index contributed by atoms with van der Waals surface area (Å²) in [6, 6.07) is 9.39. The van der Waals surface area contributed by atoms with Gasteiger partial charge in [-0.25, -0.2) is 8.78 Å². The zero-order chi connectivity index (χ0) is 14.0. The second kappa shape index (κ2) is 5.80. The van der Waals surface area contributed by atoms with Crippen molar-refractivity contribution in [1.82, 2.24) is 5.32 Å². The van der Waals surface area contributed by atoms with Crippen molar-refractivity contribution < 1.29 is 8.78 Å². The number of halogens is 3. The molecule has 0 amide bonds. The van der Waals surface area contributed by atoms with Crippen LogP contribution in [0, 0.1) is 18.6 Å². The predicted octanol–water partition coefficient (Wildman–Crippen LogP) is 4.34. The first-order chi connectivity index (χ1) is 9.04. The molecule has 0 aliphatic carbocycles. The smallest absolute Gasteiger partial charge is 0.142 e. The topological polar surface area (TPSA) is 12.0 Å². The molecule has 1 atom stereocenters. The molecule has 0 bridgehead atoms. The van der Waals surface area contributed by atoms with Crippen molar-refractivity contribution in [2.45, 2.75) is 13.0 Å². The van der Waals surface area contributed by atoms with Crippen LogP contribution in [0.15, 0.2) is 40.9 Å². The summed E-state index contributed by atoms with van der Waals surface area (Å²) in [5.74, 6) is -0.587. The molecule has 0 saturated heterocycles. The molecule has 1 nitrogen and oxygen atoms in total. The van der Waals surface area contributed by atoms with Gasteiger partial charge in [-0.15, -0.1) is 0 Å². The van der Waals surface area contributed by atoms with Gasteiger partial charge in [-0.1, -0.05) is 18.2 Å². The number of benzene rings is 2. The Balaban J connectivity index is 2.53. The lowest BCUT2D eigenvalue weighted by atomic mass is 9.94. The minimum absolute atomic E-state index is 0.286. The van der Waals surface area contributed by atoms with Crippen LogP contribution in [-0.4, -0.2) is 7.05 Å². The van der Waals surface area contributed by atoms with Crippen LogP contribution in [0.5, 0.6) is 0 Å². The van der Waals surface area contributed by atoms with E-state index >= 15 is 0 Å². The van der Waals surface area contributed by atoms with E-state index in [1.165, 1.54) is 12.1 Å². The van der Waals surface area contributed by atoms with E-state index in [9.17, 15) is 8.78 Å². The Morgan fingerprint density at radius 2 is 1.84 bits per heavy atom. The first kappa shape index (κ1) is 14.2. The summed E-state index contributed by atoms with van der Waals surface area (Å²) < 4.78 is 27.8. The standard InChI is InChI=1S/C15H14BrF2N/c1-9-8-10(17)6-7-11(9)15(19-2)12-4-3-5-13(16)14(12)18/h3-8,15,19H,1-2H3. The second-order valence-electron chi connectivity index (χ2n) is 4.37. The predicted molar refractivity (Wildman–Crippen MR) is 76.1 cm³/mol. The Morgan fingerprint density at radius 3 is 2.47 bits per heavy atom. The van der Waals surface area contributed by atoms with Gasteiger partial charge in [0.15, 0.2) is 0 Å². The molecule has 2 rings (SSSR count). The lowest BCUT2D eigenvalue weighted by molar-refractivity contribution is 0.568. The van der Waals surface area contributed by atoms with Crippen molar-refractivity contribution >= 4 is 15.9 Å². The van der Waals surface area contributed by atoms with Gasteiger partial charge in [-0.05, 0) is 59.2 Å². The van der Waals surface area contributed by atoms with E-state index in [0.29, 0.717) is 10.0 Å². The number of hydrogen-bond donors (Lipinski definition) is 1. The Hall–Kier alpha value is -1.26. The van der Waals surface area contributed by atoms with Crippen LogP contribution in [0.25, 0.3) is 0 Å². The molecule has 2 aromatic rings. The van der Waals surface area contributed by atoms with E-state index in [1.54, 1.807) is 31.3 Å². The quantitative estimate of drug-likeness (QED) is 0.884. The van der Waals surface area contributed by atoms with Crippen LogP contribution in [-0.2, 0) is 0 Å². The van der Waals surface area contributed by atoms with Crippen molar-refractivity contribution in [3.8, 4) is 0 Å². The molecule has 1 unspecified atom stereocenters. The first-order valence-corrected chi connectivity index (χ1v) is 6.71. The van der Waals surface area contributed by atoms with Gasteiger partial charge in [-0.2, -0.15) is 0 Å². The third-order valence-electron chi connectivity index (χ3n) is 3.12. The van der Waals surface area contributed by atoms with E-state index in [-0.39, 0.29) is 17.7 Å².